The lowest BCUT2D eigenvalue weighted by Gasteiger charge is -2.69. The monoisotopic (exact) mass is 578 g/mol. The summed E-state index contributed by atoms with van der Waals surface area (Å²) >= 11 is 0. The summed E-state index contributed by atoms with van der Waals surface area (Å²) in [5.41, 5.74) is -3.93. The van der Waals surface area contributed by atoms with Gasteiger partial charge in [0.05, 0.1) is 35.9 Å². The smallest absolute Gasteiger partial charge is 0.348 e. The molecule has 11 nitrogen and oxygen atoms in total. The zero-order chi connectivity index (χ0) is 30.4. The molecule has 41 heavy (non-hydrogen) atoms. The molecule has 0 amide bonds. The van der Waals surface area contributed by atoms with Gasteiger partial charge in [0.2, 0.25) is 6.10 Å². The average Bonchev–Trinajstić information content (AvgIpc) is 3.20. The Balaban J connectivity index is 1.75. The van der Waals surface area contributed by atoms with Crippen LogP contribution in [0.15, 0.2) is 11.6 Å². The largest absolute Gasteiger partial charge is 0.458 e. The first-order valence-corrected chi connectivity index (χ1v) is 14.6. The van der Waals surface area contributed by atoms with Crippen LogP contribution in [0.1, 0.15) is 61.3 Å². The second kappa shape index (κ2) is 9.86. The molecule has 1 spiro atoms. The molecule has 0 aromatic heterocycles. The van der Waals surface area contributed by atoms with Crippen LogP contribution in [-0.4, -0.2) is 87.8 Å². The van der Waals surface area contributed by atoms with E-state index < -0.39 is 106 Å². The van der Waals surface area contributed by atoms with Gasteiger partial charge < -0.3 is 34.3 Å². The van der Waals surface area contributed by atoms with E-state index in [0.29, 0.717) is 18.4 Å². The lowest BCUT2D eigenvalue weighted by molar-refractivity contribution is -0.319. The lowest BCUT2D eigenvalue weighted by atomic mass is 9.37. The van der Waals surface area contributed by atoms with Gasteiger partial charge in [0, 0.05) is 17.3 Å². The number of carbonyl (C=O) groups is 4. The molecular formula is C30H42O11. The Labute approximate surface area is 239 Å². The second-order valence-corrected chi connectivity index (χ2v) is 13.2. The van der Waals surface area contributed by atoms with E-state index >= 15 is 0 Å². The van der Waals surface area contributed by atoms with Crippen LogP contribution >= 0.6 is 0 Å². The van der Waals surface area contributed by atoms with Gasteiger partial charge >= 0.3 is 17.9 Å². The second-order valence-electron chi connectivity index (χ2n) is 13.2. The highest BCUT2D eigenvalue weighted by molar-refractivity contribution is 5.96. The van der Waals surface area contributed by atoms with E-state index in [1.54, 1.807) is 41.5 Å². The number of esters is 3. The van der Waals surface area contributed by atoms with Crippen molar-refractivity contribution in [3.8, 4) is 0 Å². The van der Waals surface area contributed by atoms with Gasteiger partial charge in [-0.2, -0.15) is 0 Å². The van der Waals surface area contributed by atoms with Crippen LogP contribution in [0.4, 0.5) is 0 Å². The topological polar surface area (TPSA) is 166 Å². The van der Waals surface area contributed by atoms with Crippen molar-refractivity contribution >= 4 is 23.7 Å². The minimum atomic E-state index is -1.63. The molecule has 0 radical (unpaired) electrons. The van der Waals surface area contributed by atoms with Gasteiger partial charge in [-0.05, 0) is 32.8 Å². The maximum Gasteiger partial charge on any atom is 0.348 e. The van der Waals surface area contributed by atoms with Crippen molar-refractivity contribution in [3.05, 3.63) is 11.6 Å². The van der Waals surface area contributed by atoms with E-state index in [2.05, 4.69) is 0 Å². The molecule has 2 heterocycles. The van der Waals surface area contributed by atoms with Gasteiger partial charge in [-0.25, -0.2) is 4.79 Å². The maximum atomic E-state index is 13.7. The standard InChI is InChI=1S/C30H42O11/c1-8-12(3)25(35)39-18-16-14(5)10-15(31)22(33)28(16,6)20-17(32)23(34)29(7)21-19(40-26(36)13(4)9-2)27(37)41-24(18)30(20,21)11-38-29/h10,12-13,16-24,32-34H,8-9,11H2,1-7H3/t12?,13?,16-,17-,18-,19-,20-,21+,22-,23+,24-,28+,29+,30-/m1/s1. The molecule has 2 aliphatic heterocycles. The summed E-state index contributed by atoms with van der Waals surface area (Å²) < 4.78 is 24.3. The summed E-state index contributed by atoms with van der Waals surface area (Å²) in [7, 11) is 0. The molecule has 3 N–H and O–H groups in total. The Hall–Kier alpha value is -2.34. The van der Waals surface area contributed by atoms with Crippen molar-refractivity contribution in [1.29, 1.82) is 0 Å². The molecule has 228 valence electrons. The van der Waals surface area contributed by atoms with Crippen molar-refractivity contribution < 1.29 is 53.4 Å². The van der Waals surface area contributed by atoms with Crippen LogP contribution in [0.3, 0.4) is 0 Å². The molecule has 5 rings (SSSR count). The first-order valence-electron chi connectivity index (χ1n) is 14.6. The normalized spacial score (nSPS) is 47.8. The number of ether oxygens (including phenoxy) is 4. The zero-order valence-corrected chi connectivity index (χ0v) is 24.7. The van der Waals surface area contributed by atoms with Crippen LogP contribution < -0.4 is 0 Å². The van der Waals surface area contributed by atoms with Gasteiger partial charge in [-0.1, -0.05) is 40.2 Å². The van der Waals surface area contributed by atoms with Crippen molar-refractivity contribution in [3.63, 3.8) is 0 Å². The van der Waals surface area contributed by atoms with Gasteiger partial charge in [-0.15, -0.1) is 0 Å². The third kappa shape index (κ3) is 3.77. The molecule has 0 aromatic carbocycles. The number of hydrogen-bond acceptors (Lipinski definition) is 11. The van der Waals surface area contributed by atoms with Crippen LogP contribution in [0, 0.1) is 40.4 Å². The summed E-state index contributed by atoms with van der Waals surface area (Å²) in [6.45, 7) is 11.7. The SMILES string of the molecule is CCC(C)C(=O)O[C@@H]1[C@H]2C(C)=CC(=O)[C@@H](O)[C@]2(C)[C@H]2[C@@H](O)[C@H](O)[C@@]3(C)OC[C@@]24[C@@H]1OC(=O)[C@H](OC(=O)C(C)CC)[C@@H]34. The van der Waals surface area contributed by atoms with E-state index in [9.17, 15) is 34.5 Å². The molecule has 2 saturated carbocycles. The molecule has 5 aliphatic rings. The van der Waals surface area contributed by atoms with Gasteiger partial charge in [0.25, 0.3) is 0 Å². The van der Waals surface area contributed by atoms with Crippen molar-refractivity contribution in [2.45, 2.75) is 104 Å². The van der Waals surface area contributed by atoms with E-state index in [1.807, 2.05) is 6.92 Å². The summed E-state index contributed by atoms with van der Waals surface area (Å²) in [5, 5.41) is 34.9. The minimum Gasteiger partial charge on any atom is -0.458 e. The first kappa shape index (κ1) is 30.1. The maximum absolute atomic E-state index is 13.7. The molecule has 14 atom stereocenters. The van der Waals surface area contributed by atoms with Crippen molar-refractivity contribution in [1.82, 2.24) is 0 Å². The number of carbonyl (C=O) groups excluding carboxylic acids is 4. The predicted octanol–water partition coefficient (Wildman–Crippen LogP) is 1.10. The number of hydrogen-bond donors (Lipinski definition) is 3. The summed E-state index contributed by atoms with van der Waals surface area (Å²) in [4.78, 5) is 53.1. The van der Waals surface area contributed by atoms with E-state index in [0.717, 1.165) is 0 Å². The Morgan fingerprint density at radius 3 is 2.20 bits per heavy atom. The summed E-state index contributed by atoms with van der Waals surface area (Å²) in [6, 6.07) is 0. The number of ketones is 1. The highest BCUT2D eigenvalue weighted by atomic mass is 16.6. The van der Waals surface area contributed by atoms with E-state index in [-0.39, 0.29) is 6.61 Å². The summed E-state index contributed by atoms with van der Waals surface area (Å²) in [6.07, 6.45) is -6.29. The molecule has 2 saturated heterocycles. The fraction of sp³-hybridized carbons (Fsp3) is 0.800. The molecule has 3 aliphatic carbocycles. The predicted molar refractivity (Wildman–Crippen MR) is 141 cm³/mol. The van der Waals surface area contributed by atoms with Crippen LogP contribution in [-0.2, 0) is 38.1 Å². The van der Waals surface area contributed by atoms with Crippen molar-refractivity contribution in [2.24, 2.45) is 40.4 Å². The van der Waals surface area contributed by atoms with E-state index in [4.69, 9.17) is 18.9 Å². The number of aliphatic hydroxyl groups is 3. The highest BCUT2D eigenvalue weighted by Crippen LogP contribution is 2.72. The lowest BCUT2D eigenvalue weighted by Crippen LogP contribution is -2.81. The molecule has 11 heteroatoms. The van der Waals surface area contributed by atoms with Gasteiger partial charge in [-0.3, -0.25) is 14.4 Å². The Morgan fingerprint density at radius 2 is 1.61 bits per heavy atom. The highest BCUT2D eigenvalue weighted by Gasteiger charge is 2.84. The van der Waals surface area contributed by atoms with Crippen LogP contribution in [0.25, 0.3) is 0 Å². The fourth-order valence-electron chi connectivity index (χ4n) is 8.74. The quantitative estimate of drug-likeness (QED) is 0.305. The van der Waals surface area contributed by atoms with Crippen LogP contribution in [0.5, 0.6) is 0 Å². The van der Waals surface area contributed by atoms with Crippen LogP contribution in [0.2, 0.25) is 0 Å². The Kier molecular flexibility index (Phi) is 7.24. The number of aliphatic hydroxyl groups excluding tert-OH is 3. The Bertz CT molecular complexity index is 1180. The number of rotatable bonds is 6. The molecule has 2 unspecified atom stereocenters. The first-order chi connectivity index (χ1) is 19.1. The molecule has 0 aromatic rings. The average molecular weight is 579 g/mol. The number of fused-ring (bicyclic) bond motifs is 2. The Morgan fingerprint density at radius 1 is 1.02 bits per heavy atom. The zero-order valence-electron chi connectivity index (χ0n) is 24.7. The third-order valence-electron chi connectivity index (χ3n) is 11.2. The molecular weight excluding hydrogens is 536 g/mol. The molecule has 4 fully saturated rings. The van der Waals surface area contributed by atoms with Crippen molar-refractivity contribution in [2.75, 3.05) is 6.61 Å². The minimum absolute atomic E-state index is 0.161. The fourth-order valence-corrected chi connectivity index (χ4v) is 8.74. The molecule has 2 bridgehead atoms. The summed E-state index contributed by atoms with van der Waals surface area (Å²) in [5.74, 6) is -6.58. The van der Waals surface area contributed by atoms with E-state index in [1.165, 1.54) is 6.08 Å². The van der Waals surface area contributed by atoms with Gasteiger partial charge in [0.1, 0.15) is 30.0 Å². The third-order valence-corrected chi connectivity index (χ3v) is 11.2. The van der Waals surface area contributed by atoms with Gasteiger partial charge in [0.15, 0.2) is 5.78 Å².